The van der Waals surface area contributed by atoms with Crippen molar-refractivity contribution in [3.63, 3.8) is 0 Å². The Morgan fingerprint density at radius 1 is 0.357 bits per heavy atom. The van der Waals surface area contributed by atoms with Crippen molar-refractivity contribution in [2.24, 2.45) is 0 Å². The molecule has 169 valence electrons. The summed E-state index contributed by atoms with van der Waals surface area (Å²) in [6, 6.07) is 0. The van der Waals surface area contributed by atoms with E-state index in [1.54, 1.807) is 0 Å². The SMILES string of the molecule is CCCCCCCCCCCCCCCCC[C](Cl)CCCCCCCCC. The Hall–Kier alpha value is 0.290. The van der Waals surface area contributed by atoms with Gasteiger partial charge in [0.2, 0.25) is 0 Å². The van der Waals surface area contributed by atoms with Crippen molar-refractivity contribution in [1.29, 1.82) is 0 Å². The molecule has 0 aromatic rings. The van der Waals surface area contributed by atoms with E-state index in [1.807, 2.05) is 0 Å². The first-order valence-electron chi connectivity index (χ1n) is 13.3. The summed E-state index contributed by atoms with van der Waals surface area (Å²) >= 11 is 6.42. The van der Waals surface area contributed by atoms with Gasteiger partial charge < -0.3 is 0 Å². The molecule has 1 heteroatoms. The molecule has 0 aliphatic rings. The minimum absolute atomic E-state index is 1.16. The van der Waals surface area contributed by atoms with Crippen molar-refractivity contribution in [2.75, 3.05) is 0 Å². The summed E-state index contributed by atoms with van der Waals surface area (Å²) in [4.78, 5) is 0. The van der Waals surface area contributed by atoms with Crippen molar-refractivity contribution in [2.45, 2.75) is 168 Å². The fourth-order valence-corrected chi connectivity index (χ4v) is 4.35. The second kappa shape index (κ2) is 25.3. The Bertz CT molecular complexity index is 263. The van der Waals surface area contributed by atoms with Gasteiger partial charge in [-0.05, 0) is 12.8 Å². The summed E-state index contributed by atoms with van der Waals surface area (Å²) < 4.78 is 0. The quantitative estimate of drug-likeness (QED) is 0.138. The van der Waals surface area contributed by atoms with E-state index < -0.39 is 0 Å². The van der Waals surface area contributed by atoms with Crippen LogP contribution >= 0.6 is 11.6 Å². The maximum Gasteiger partial charge on any atom is 0.0637 e. The lowest BCUT2D eigenvalue weighted by molar-refractivity contribution is 0.529. The van der Waals surface area contributed by atoms with Crippen molar-refractivity contribution >= 4 is 11.6 Å². The molecular weight excluding hydrogens is 360 g/mol. The van der Waals surface area contributed by atoms with Crippen LogP contribution in [0.4, 0.5) is 0 Å². The third-order valence-corrected chi connectivity index (χ3v) is 6.48. The molecule has 0 bridgehead atoms. The molecule has 0 aromatic heterocycles. The van der Waals surface area contributed by atoms with Gasteiger partial charge in [-0.2, -0.15) is 0 Å². The number of hydrogen-bond donors (Lipinski definition) is 0. The molecular formula is C27H54Cl. The van der Waals surface area contributed by atoms with Crippen molar-refractivity contribution < 1.29 is 0 Å². The topological polar surface area (TPSA) is 0 Å². The third kappa shape index (κ3) is 24.3. The van der Waals surface area contributed by atoms with Crippen molar-refractivity contribution in [3.8, 4) is 0 Å². The molecule has 1 radical (unpaired) electrons. The van der Waals surface area contributed by atoms with Crippen LogP contribution in [0.15, 0.2) is 0 Å². The lowest BCUT2D eigenvalue weighted by Gasteiger charge is -2.08. The van der Waals surface area contributed by atoms with E-state index >= 15 is 0 Å². The largest absolute Gasteiger partial charge is 0.117 e. The van der Waals surface area contributed by atoms with E-state index in [-0.39, 0.29) is 0 Å². The molecule has 0 fully saturated rings. The molecule has 0 unspecified atom stereocenters. The standard InChI is InChI=1S/C27H54Cl/c1-3-5-7-9-11-12-13-14-15-16-17-18-20-22-24-26-27(28)25-23-21-19-10-8-6-4-2/h3-26H2,1-2H3. The van der Waals surface area contributed by atoms with Crippen LogP contribution in [0.1, 0.15) is 168 Å². The van der Waals surface area contributed by atoms with E-state index in [9.17, 15) is 0 Å². The van der Waals surface area contributed by atoms with E-state index in [0.717, 1.165) is 12.8 Å². The maximum absolute atomic E-state index is 6.42. The maximum atomic E-state index is 6.42. The number of unbranched alkanes of at least 4 members (excludes halogenated alkanes) is 20. The molecule has 0 saturated heterocycles. The van der Waals surface area contributed by atoms with E-state index in [2.05, 4.69) is 13.8 Å². The van der Waals surface area contributed by atoms with Gasteiger partial charge in [0.05, 0.1) is 5.38 Å². The lowest BCUT2D eigenvalue weighted by atomic mass is 10.0. The summed E-state index contributed by atoms with van der Waals surface area (Å²) in [7, 11) is 0. The highest BCUT2D eigenvalue weighted by Crippen LogP contribution is 2.24. The van der Waals surface area contributed by atoms with Crippen LogP contribution in [-0.2, 0) is 0 Å². The zero-order valence-corrected chi connectivity index (χ0v) is 20.6. The van der Waals surface area contributed by atoms with Gasteiger partial charge in [-0.15, -0.1) is 11.6 Å². The average molecular weight is 414 g/mol. The highest BCUT2D eigenvalue weighted by Gasteiger charge is 2.05. The van der Waals surface area contributed by atoms with E-state index in [0.29, 0.717) is 0 Å². The third-order valence-electron chi connectivity index (χ3n) is 6.10. The molecule has 0 aliphatic carbocycles. The molecule has 0 saturated carbocycles. The molecule has 0 heterocycles. The highest BCUT2D eigenvalue weighted by molar-refractivity contribution is 6.26. The van der Waals surface area contributed by atoms with Crippen molar-refractivity contribution in [1.82, 2.24) is 0 Å². The summed E-state index contributed by atoms with van der Waals surface area (Å²) in [5, 5.41) is 1.24. The molecule has 0 N–H and O–H groups in total. The number of rotatable bonds is 24. The number of halogens is 1. The van der Waals surface area contributed by atoms with Gasteiger partial charge in [-0.25, -0.2) is 0 Å². The molecule has 0 spiro atoms. The van der Waals surface area contributed by atoms with Crippen LogP contribution in [0.3, 0.4) is 0 Å². The van der Waals surface area contributed by atoms with Gasteiger partial charge in [-0.3, -0.25) is 0 Å². The van der Waals surface area contributed by atoms with Gasteiger partial charge in [-0.1, -0.05) is 155 Å². The smallest absolute Gasteiger partial charge is 0.0637 e. The monoisotopic (exact) mass is 413 g/mol. The van der Waals surface area contributed by atoms with Crippen molar-refractivity contribution in [3.05, 3.63) is 5.38 Å². The average Bonchev–Trinajstić information content (AvgIpc) is 2.70. The Morgan fingerprint density at radius 3 is 0.821 bits per heavy atom. The Balaban J connectivity index is 3.10. The van der Waals surface area contributed by atoms with Gasteiger partial charge in [0.15, 0.2) is 0 Å². The first kappa shape index (κ1) is 28.3. The normalized spacial score (nSPS) is 11.6. The summed E-state index contributed by atoms with van der Waals surface area (Å²) in [6.07, 6.45) is 33.5. The van der Waals surface area contributed by atoms with Gasteiger partial charge in [0.25, 0.3) is 0 Å². The summed E-state index contributed by atoms with van der Waals surface area (Å²) in [6.45, 7) is 4.58. The second-order valence-electron chi connectivity index (χ2n) is 9.09. The zero-order valence-electron chi connectivity index (χ0n) is 19.8. The first-order chi connectivity index (χ1) is 13.8. The predicted molar refractivity (Wildman–Crippen MR) is 131 cm³/mol. The molecule has 28 heavy (non-hydrogen) atoms. The highest BCUT2D eigenvalue weighted by atomic mass is 35.5. The molecule has 0 nitrogen and oxygen atoms in total. The van der Waals surface area contributed by atoms with Gasteiger partial charge in [0, 0.05) is 0 Å². The van der Waals surface area contributed by atoms with Crippen LogP contribution in [0.25, 0.3) is 0 Å². The predicted octanol–water partition coefficient (Wildman–Crippen LogP) is 11.2. The fourth-order valence-electron chi connectivity index (χ4n) is 4.09. The fraction of sp³-hybridized carbons (Fsp3) is 0.963. The Kier molecular flexibility index (Phi) is 25.6. The zero-order chi connectivity index (χ0) is 20.5. The molecule has 0 rings (SSSR count). The van der Waals surface area contributed by atoms with Crippen LogP contribution in [0, 0.1) is 5.38 Å². The molecule has 0 aliphatic heterocycles. The minimum Gasteiger partial charge on any atom is -0.117 e. The van der Waals surface area contributed by atoms with Crippen LogP contribution in [0.2, 0.25) is 0 Å². The Labute approximate surface area is 185 Å². The summed E-state index contributed by atoms with van der Waals surface area (Å²) in [5.41, 5.74) is 0. The summed E-state index contributed by atoms with van der Waals surface area (Å²) in [5.74, 6) is 0. The molecule has 0 atom stereocenters. The number of hydrogen-bond acceptors (Lipinski definition) is 0. The second-order valence-corrected chi connectivity index (χ2v) is 9.62. The molecule has 0 aromatic carbocycles. The van der Waals surface area contributed by atoms with Gasteiger partial charge in [0.1, 0.15) is 0 Å². The first-order valence-corrected chi connectivity index (χ1v) is 13.7. The van der Waals surface area contributed by atoms with Crippen LogP contribution in [0.5, 0.6) is 0 Å². The van der Waals surface area contributed by atoms with E-state index in [1.165, 1.54) is 147 Å². The lowest BCUT2D eigenvalue weighted by Crippen LogP contribution is -1.90. The van der Waals surface area contributed by atoms with Crippen LogP contribution in [-0.4, -0.2) is 0 Å². The van der Waals surface area contributed by atoms with Gasteiger partial charge >= 0.3 is 0 Å². The van der Waals surface area contributed by atoms with E-state index in [4.69, 9.17) is 11.6 Å². The Morgan fingerprint density at radius 2 is 0.571 bits per heavy atom. The molecule has 0 amide bonds. The van der Waals surface area contributed by atoms with Crippen LogP contribution < -0.4 is 0 Å². The minimum atomic E-state index is 1.16.